The molecule has 0 atom stereocenters. The second-order valence-electron chi connectivity index (χ2n) is 10.3. The van der Waals surface area contributed by atoms with E-state index in [0.29, 0.717) is 0 Å². The summed E-state index contributed by atoms with van der Waals surface area (Å²) in [6.07, 6.45) is 0. The van der Waals surface area contributed by atoms with Gasteiger partial charge in [-0.25, -0.2) is 0 Å². The molecule has 9 rings (SSSR count). The summed E-state index contributed by atoms with van der Waals surface area (Å²) in [5, 5.41) is 7.64. The second kappa shape index (κ2) is 9.57. The highest BCUT2D eigenvalue weighted by atomic mass is 32.1. The van der Waals surface area contributed by atoms with E-state index in [0.717, 1.165) is 20.9 Å². The lowest BCUT2D eigenvalue weighted by molar-refractivity contribution is 1.69. The third-order valence-electron chi connectivity index (χ3n) is 7.57. The lowest BCUT2D eigenvalue weighted by Crippen LogP contribution is -1.76. The molecule has 0 radical (unpaired) electrons. The zero-order chi connectivity index (χ0) is 27.6. The minimum absolute atomic E-state index is 1.05. The van der Waals surface area contributed by atoms with Gasteiger partial charge in [-0.3, -0.25) is 0 Å². The molecule has 0 spiro atoms. The van der Waals surface area contributed by atoms with Crippen molar-refractivity contribution in [2.75, 3.05) is 0 Å². The molecular weight excluding hydrogens is 585 g/mol. The van der Waals surface area contributed by atoms with Gasteiger partial charge in [-0.1, -0.05) is 84.3 Å². The lowest BCUT2D eigenvalue weighted by atomic mass is 10.1. The van der Waals surface area contributed by atoms with Crippen molar-refractivity contribution in [2.24, 2.45) is 0 Å². The molecule has 194 valence electrons. The van der Waals surface area contributed by atoms with Gasteiger partial charge in [0.2, 0.25) is 0 Å². The number of hydrogen-bond acceptors (Lipinski definition) is 4. The van der Waals surface area contributed by atoms with Gasteiger partial charge in [-0.2, -0.15) is 0 Å². The Bertz CT molecular complexity index is 2460. The molecule has 5 aromatic carbocycles. The molecule has 42 heavy (non-hydrogen) atoms. The zero-order valence-electron chi connectivity index (χ0n) is 22.0. The van der Waals surface area contributed by atoms with Crippen LogP contribution in [0.2, 0.25) is 0 Å². The van der Waals surface area contributed by atoms with Gasteiger partial charge in [0.25, 0.3) is 0 Å². The first kappa shape index (κ1) is 24.2. The lowest BCUT2D eigenvalue weighted by Gasteiger charge is -1.97. The van der Waals surface area contributed by atoms with E-state index in [2.05, 4.69) is 133 Å². The number of benzene rings is 5. The van der Waals surface area contributed by atoms with Crippen molar-refractivity contribution in [1.82, 2.24) is 0 Å². The average molecular weight is 603 g/mol. The van der Waals surface area contributed by atoms with Crippen molar-refractivity contribution < 1.29 is 0 Å². The summed E-state index contributed by atoms with van der Waals surface area (Å²) in [6.45, 7) is 0. The van der Waals surface area contributed by atoms with E-state index in [1.165, 1.54) is 60.5 Å². The highest BCUT2D eigenvalue weighted by Gasteiger charge is 2.14. The summed E-state index contributed by atoms with van der Waals surface area (Å²) in [5.74, 6) is 13.6. The van der Waals surface area contributed by atoms with Crippen molar-refractivity contribution >= 4 is 106 Å². The first-order valence-corrected chi connectivity index (χ1v) is 16.8. The van der Waals surface area contributed by atoms with Gasteiger partial charge in [-0.15, -0.1) is 45.3 Å². The van der Waals surface area contributed by atoms with Gasteiger partial charge in [0.15, 0.2) is 0 Å². The van der Waals surface area contributed by atoms with Crippen molar-refractivity contribution in [1.29, 1.82) is 0 Å². The fourth-order valence-electron chi connectivity index (χ4n) is 5.52. The molecule has 0 N–H and O–H groups in total. The Morgan fingerprint density at radius 2 is 0.810 bits per heavy atom. The van der Waals surface area contributed by atoms with Crippen molar-refractivity contribution in [2.45, 2.75) is 0 Å². The van der Waals surface area contributed by atoms with Crippen LogP contribution in [-0.2, 0) is 0 Å². The van der Waals surface area contributed by atoms with Gasteiger partial charge in [-0.05, 0) is 70.1 Å². The minimum atomic E-state index is 1.05. The van der Waals surface area contributed by atoms with Gasteiger partial charge in [0.05, 0.1) is 19.2 Å². The monoisotopic (exact) mass is 602 g/mol. The standard InChI is InChI=1S/C38H18S4/c1-3-7-27-17-23(9-13-25(27)5-1)11-15-29-19-35-37(39-29)31-21-34-32(22-33(31)41-35)38-36(42-34)20-30(40-38)16-12-24-10-14-26-6-2-4-8-28(26)18-24/h1-10,13-14,17-22H. The molecule has 4 heteroatoms. The van der Waals surface area contributed by atoms with Crippen LogP contribution >= 0.6 is 45.3 Å². The van der Waals surface area contributed by atoms with E-state index in [-0.39, 0.29) is 0 Å². The summed E-state index contributed by atoms with van der Waals surface area (Å²) < 4.78 is 8.01. The van der Waals surface area contributed by atoms with Crippen molar-refractivity contribution in [3.05, 3.63) is 130 Å². The number of fused-ring (bicyclic) bond motifs is 8. The first-order chi connectivity index (χ1) is 20.7. The maximum absolute atomic E-state index is 3.43. The first-order valence-electron chi connectivity index (χ1n) is 13.6. The van der Waals surface area contributed by atoms with Gasteiger partial charge >= 0.3 is 0 Å². The van der Waals surface area contributed by atoms with Crippen LogP contribution in [0, 0.1) is 23.7 Å². The number of rotatable bonds is 0. The Kier molecular flexibility index (Phi) is 5.51. The Labute approximate surface area is 258 Å². The second-order valence-corrected chi connectivity index (χ2v) is 14.6. The van der Waals surface area contributed by atoms with Crippen LogP contribution in [0.1, 0.15) is 20.9 Å². The summed E-state index contributed by atoms with van der Waals surface area (Å²) in [6, 6.07) is 39.0. The maximum atomic E-state index is 3.43. The molecule has 0 fully saturated rings. The van der Waals surface area contributed by atoms with Crippen LogP contribution in [0.15, 0.2) is 109 Å². The molecule has 0 amide bonds. The molecule has 0 saturated heterocycles. The zero-order valence-corrected chi connectivity index (χ0v) is 25.3. The largest absolute Gasteiger partial charge is 0.134 e. The van der Waals surface area contributed by atoms with E-state index < -0.39 is 0 Å². The van der Waals surface area contributed by atoms with Gasteiger partial charge < -0.3 is 0 Å². The van der Waals surface area contributed by atoms with Crippen LogP contribution in [-0.4, -0.2) is 0 Å². The Morgan fingerprint density at radius 3 is 1.29 bits per heavy atom. The van der Waals surface area contributed by atoms with Crippen LogP contribution in [0.5, 0.6) is 0 Å². The number of hydrogen-bond donors (Lipinski definition) is 0. The van der Waals surface area contributed by atoms with E-state index in [1.54, 1.807) is 0 Å². The Morgan fingerprint density at radius 1 is 0.357 bits per heavy atom. The van der Waals surface area contributed by atoms with E-state index in [4.69, 9.17) is 0 Å². The molecule has 0 aliphatic rings. The summed E-state index contributed by atoms with van der Waals surface area (Å²) in [7, 11) is 0. The molecule has 0 nitrogen and oxygen atoms in total. The molecule has 0 aliphatic carbocycles. The predicted octanol–water partition coefficient (Wildman–Crippen LogP) is 11.7. The fourth-order valence-corrected chi connectivity index (χ4v) is 10.3. The molecule has 9 aromatic rings. The molecule has 0 unspecified atom stereocenters. The van der Waals surface area contributed by atoms with E-state index in [1.807, 2.05) is 45.3 Å². The Balaban J connectivity index is 1.05. The van der Waals surface area contributed by atoms with Crippen LogP contribution in [0.3, 0.4) is 0 Å². The maximum Gasteiger partial charge on any atom is 0.0793 e. The highest BCUT2D eigenvalue weighted by molar-refractivity contribution is 7.34. The van der Waals surface area contributed by atoms with Gasteiger partial charge in [0, 0.05) is 40.7 Å². The van der Waals surface area contributed by atoms with Crippen LogP contribution in [0.25, 0.3) is 60.5 Å². The fraction of sp³-hybridized carbons (Fsp3) is 0. The predicted molar refractivity (Wildman–Crippen MR) is 188 cm³/mol. The average Bonchev–Trinajstić information content (AvgIpc) is 3.77. The van der Waals surface area contributed by atoms with Crippen LogP contribution in [0.4, 0.5) is 0 Å². The van der Waals surface area contributed by atoms with Crippen LogP contribution < -0.4 is 0 Å². The summed E-state index contributed by atoms with van der Waals surface area (Å²) in [5.41, 5.74) is 2.11. The smallest absolute Gasteiger partial charge is 0.0793 e. The highest BCUT2D eigenvalue weighted by Crippen LogP contribution is 2.46. The third kappa shape index (κ3) is 4.12. The van der Waals surface area contributed by atoms with Gasteiger partial charge in [0.1, 0.15) is 0 Å². The van der Waals surface area contributed by atoms with E-state index in [9.17, 15) is 0 Å². The van der Waals surface area contributed by atoms with Crippen molar-refractivity contribution in [3.8, 4) is 23.7 Å². The molecule has 0 saturated carbocycles. The summed E-state index contributed by atoms with van der Waals surface area (Å²) in [4.78, 5) is 2.24. The van der Waals surface area contributed by atoms with E-state index >= 15 is 0 Å². The third-order valence-corrected chi connectivity index (χ3v) is 12.2. The molecule has 0 bridgehead atoms. The summed E-state index contributed by atoms with van der Waals surface area (Å²) >= 11 is 7.36. The normalized spacial score (nSPS) is 11.4. The molecule has 4 aromatic heterocycles. The van der Waals surface area contributed by atoms with Crippen molar-refractivity contribution in [3.63, 3.8) is 0 Å². The Hall–Kier alpha value is -4.42. The molecule has 4 heterocycles. The SMILES string of the molecule is C(#Cc1cc2sc3cc4c(cc3c2s1)sc1cc(C#Cc2ccc3ccccc3c2)sc14)c1ccc2ccccc2c1. The molecule has 0 aliphatic heterocycles. The minimum Gasteiger partial charge on any atom is -0.134 e. The molecular formula is C38H18S4. The topological polar surface area (TPSA) is 0 Å². The number of thiophene rings is 4. The quantitative estimate of drug-likeness (QED) is 0.151.